The molecule has 1 N–H and O–H groups in total. The van der Waals surface area contributed by atoms with Gasteiger partial charge in [0.05, 0.1) is 6.04 Å². The van der Waals surface area contributed by atoms with Gasteiger partial charge < -0.3 is 5.32 Å². The van der Waals surface area contributed by atoms with Crippen LogP contribution in [-0.4, -0.2) is 15.7 Å². The maximum absolute atomic E-state index is 12.3. The number of hydrogen-bond donors (Lipinski definition) is 1. The minimum Gasteiger partial charge on any atom is -0.308 e. The molecular formula is C17H25N3O. The third-order valence-corrected chi connectivity index (χ3v) is 3.60. The number of nitrogens with zero attached hydrogens (tertiary/aromatic N) is 2. The van der Waals surface area contributed by atoms with E-state index in [1.165, 1.54) is 5.56 Å². The molecule has 0 aliphatic carbocycles. The number of benzene rings is 1. The predicted molar refractivity (Wildman–Crippen MR) is 86.5 cm³/mol. The van der Waals surface area contributed by atoms with Gasteiger partial charge in [-0.1, -0.05) is 44.2 Å². The molecule has 0 aliphatic rings. The van der Waals surface area contributed by atoms with Crippen molar-refractivity contribution in [3.8, 4) is 0 Å². The van der Waals surface area contributed by atoms with Gasteiger partial charge in [0, 0.05) is 25.5 Å². The van der Waals surface area contributed by atoms with Crippen molar-refractivity contribution in [3.05, 3.63) is 58.8 Å². The normalized spacial score (nSPS) is 12.5. The Hall–Kier alpha value is -1.81. The first-order valence-electron chi connectivity index (χ1n) is 7.80. The number of aromatic nitrogens is 2. The van der Waals surface area contributed by atoms with E-state index in [9.17, 15) is 4.79 Å². The fourth-order valence-electron chi connectivity index (χ4n) is 2.49. The SMILES string of the molecule is CCCNC(Cn1ccn(CCC)c1=O)c1ccccc1. The quantitative estimate of drug-likeness (QED) is 0.811. The molecule has 0 fully saturated rings. The minimum absolute atomic E-state index is 0.0797. The first-order chi connectivity index (χ1) is 10.3. The highest BCUT2D eigenvalue weighted by Gasteiger charge is 2.13. The minimum atomic E-state index is 0.0797. The van der Waals surface area contributed by atoms with Crippen LogP contribution < -0.4 is 11.0 Å². The lowest BCUT2D eigenvalue weighted by Gasteiger charge is -2.19. The molecule has 0 amide bonds. The van der Waals surface area contributed by atoms with Crippen LogP contribution in [0.2, 0.25) is 0 Å². The molecule has 4 nitrogen and oxygen atoms in total. The summed E-state index contributed by atoms with van der Waals surface area (Å²) < 4.78 is 3.58. The largest absolute Gasteiger partial charge is 0.328 e. The maximum Gasteiger partial charge on any atom is 0.328 e. The zero-order valence-electron chi connectivity index (χ0n) is 13.0. The van der Waals surface area contributed by atoms with Gasteiger partial charge in [0.2, 0.25) is 0 Å². The average molecular weight is 287 g/mol. The second-order valence-electron chi connectivity index (χ2n) is 5.34. The molecule has 1 aromatic carbocycles. The Morgan fingerprint density at radius 1 is 1.05 bits per heavy atom. The van der Waals surface area contributed by atoms with Crippen molar-refractivity contribution in [2.45, 2.75) is 45.8 Å². The fraction of sp³-hybridized carbons (Fsp3) is 0.471. The van der Waals surface area contributed by atoms with Crippen LogP contribution in [-0.2, 0) is 13.1 Å². The molecule has 0 saturated heterocycles. The summed E-state index contributed by atoms with van der Waals surface area (Å²) in [6, 6.07) is 10.5. The van der Waals surface area contributed by atoms with E-state index >= 15 is 0 Å². The summed E-state index contributed by atoms with van der Waals surface area (Å²) in [6.45, 7) is 6.63. The second kappa shape index (κ2) is 7.84. The molecule has 0 aliphatic heterocycles. The van der Waals surface area contributed by atoms with E-state index in [-0.39, 0.29) is 11.7 Å². The summed E-state index contributed by atoms with van der Waals surface area (Å²) >= 11 is 0. The summed E-state index contributed by atoms with van der Waals surface area (Å²) in [4.78, 5) is 12.3. The van der Waals surface area contributed by atoms with E-state index in [2.05, 4.69) is 31.3 Å². The van der Waals surface area contributed by atoms with Crippen molar-refractivity contribution in [1.82, 2.24) is 14.5 Å². The molecule has 0 bridgehead atoms. The molecule has 1 aromatic heterocycles. The molecule has 0 spiro atoms. The van der Waals surface area contributed by atoms with Crippen molar-refractivity contribution in [2.75, 3.05) is 6.54 Å². The molecule has 1 unspecified atom stereocenters. The monoisotopic (exact) mass is 287 g/mol. The van der Waals surface area contributed by atoms with Gasteiger partial charge in [-0.05, 0) is 24.9 Å². The van der Waals surface area contributed by atoms with Gasteiger partial charge in [-0.2, -0.15) is 0 Å². The Labute approximate surface area is 126 Å². The molecule has 0 saturated carbocycles. The highest BCUT2D eigenvalue weighted by Crippen LogP contribution is 2.14. The molecular weight excluding hydrogens is 262 g/mol. The Morgan fingerprint density at radius 2 is 1.76 bits per heavy atom. The van der Waals surface area contributed by atoms with Crippen molar-refractivity contribution < 1.29 is 0 Å². The van der Waals surface area contributed by atoms with Crippen LogP contribution in [0.25, 0.3) is 0 Å². The molecule has 21 heavy (non-hydrogen) atoms. The summed E-state index contributed by atoms with van der Waals surface area (Å²) in [5.74, 6) is 0. The zero-order valence-corrected chi connectivity index (χ0v) is 13.0. The van der Waals surface area contributed by atoms with Crippen molar-refractivity contribution in [1.29, 1.82) is 0 Å². The number of rotatable bonds is 8. The number of nitrogens with one attached hydrogen (secondary N) is 1. The van der Waals surface area contributed by atoms with Crippen LogP contribution in [0.3, 0.4) is 0 Å². The van der Waals surface area contributed by atoms with Crippen LogP contribution in [0.4, 0.5) is 0 Å². The van der Waals surface area contributed by atoms with Gasteiger partial charge >= 0.3 is 5.69 Å². The first-order valence-corrected chi connectivity index (χ1v) is 7.80. The van der Waals surface area contributed by atoms with E-state index in [0.717, 1.165) is 25.9 Å². The van der Waals surface area contributed by atoms with Gasteiger partial charge in [0.25, 0.3) is 0 Å². The highest BCUT2D eigenvalue weighted by molar-refractivity contribution is 5.18. The van der Waals surface area contributed by atoms with Crippen molar-refractivity contribution >= 4 is 0 Å². The van der Waals surface area contributed by atoms with E-state index in [0.29, 0.717) is 6.54 Å². The molecule has 114 valence electrons. The lowest BCUT2D eigenvalue weighted by molar-refractivity contribution is 0.451. The number of aryl methyl sites for hydroxylation is 1. The standard InChI is InChI=1S/C17H25N3O/c1-3-10-18-16(15-8-6-5-7-9-15)14-20-13-12-19(11-4-2)17(20)21/h5-9,12-13,16,18H,3-4,10-11,14H2,1-2H3. The summed E-state index contributed by atoms with van der Waals surface area (Å²) in [7, 11) is 0. The summed E-state index contributed by atoms with van der Waals surface area (Å²) in [5, 5.41) is 3.53. The lowest BCUT2D eigenvalue weighted by Crippen LogP contribution is -2.31. The molecule has 4 heteroatoms. The fourth-order valence-corrected chi connectivity index (χ4v) is 2.49. The van der Waals surface area contributed by atoms with Crippen molar-refractivity contribution in [2.24, 2.45) is 0 Å². The summed E-state index contributed by atoms with van der Waals surface area (Å²) in [6.07, 6.45) is 5.82. The van der Waals surface area contributed by atoms with E-state index < -0.39 is 0 Å². The highest BCUT2D eigenvalue weighted by atomic mass is 16.1. The zero-order chi connectivity index (χ0) is 15.1. The van der Waals surface area contributed by atoms with Gasteiger partial charge in [0.15, 0.2) is 0 Å². The van der Waals surface area contributed by atoms with Gasteiger partial charge in [-0.25, -0.2) is 4.79 Å². The van der Waals surface area contributed by atoms with Crippen LogP contribution >= 0.6 is 0 Å². The third-order valence-electron chi connectivity index (χ3n) is 3.60. The molecule has 2 rings (SSSR count). The molecule has 1 atom stereocenters. The van der Waals surface area contributed by atoms with Crippen LogP contribution in [0.5, 0.6) is 0 Å². The Balaban J connectivity index is 2.17. The number of hydrogen-bond acceptors (Lipinski definition) is 2. The van der Waals surface area contributed by atoms with E-state index in [1.54, 1.807) is 9.13 Å². The lowest BCUT2D eigenvalue weighted by atomic mass is 10.1. The predicted octanol–water partition coefficient (Wildman–Crippen LogP) is 2.80. The topological polar surface area (TPSA) is 39.0 Å². The van der Waals surface area contributed by atoms with Crippen molar-refractivity contribution in [3.63, 3.8) is 0 Å². The maximum atomic E-state index is 12.3. The number of imidazole rings is 1. The third kappa shape index (κ3) is 4.08. The smallest absolute Gasteiger partial charge is 0.308 e. The molecule has 0 radical (unpaired) electrons. The molecule has 2 aromatic rings. The van der Waals surface area contributed by atoms with Gasteiger partial charge in [0.1, 0.15) is 0 Å². The van der Waals surface area contributed by atoms with Crippen LogP contribution in [0.15, 0.2) is 47.5 Å². The van der Waals surface area contributed by atoms with Crippen LogP contribution in [0.1, 0.15) is 38.3 Å². The second-order valence-corrected chi connectivity index (χ2v) is 5.34. The van der Waals surface area contributed by atoms with Crippen LogP contribution in [0, 0.1) is 0 Å². The Bertz CT molecular complexity index is 586. The molecule has 1 heterocycles. The average Bonchev–Trinajstić information content (AvgIpc) is 2.86. The van der Waals surface area contributed by atoms with E-state index in [1.807, 2.05) is 30.6 Å². The van der Waals surface area contributed by atoms with Gasteiger partial charge in [-0.15, -0.1) is 0 Å². The van der Waals surface area contributed by atoms with Gasteiger partial charge in [-0.3, -0.25) is 9.13 Å². The van der Waals surface area contributed by atoms with E-state index in [4.69, 9.17) is 0 Å². The summed E-state index contributed by atoms with van der Waals surface area (Å²) in [5.41, 5.74) is 1.30. The Morgan fingerprint density at radius 3 is 2.43 bits per heavy atom. The Kier molecular flexibility index (Phi) is 5.81. The first kappa shape index (κ1) is 15.6.